The molecule has 0 N–H and O–H groups in total. The predicted molar refractivity (Wildman–Crippen MR) is 74.2 cm³/mol. The summed E-state index contributed by atoms with van der Waals surface area (Å²) in [6, 6.07) is 0.278. The van der Waals surface area contributed by atoms with Gasteiger partial charge < -0.3 is 14.0 Å². The van der Waals surface area contributed by atoms with Crippen LogP contribution in [0.15, 0.2) is 10.9 Å². The van der Waals surface area contributed by atoms with Crippen LogP contribution < -0.4 is 10.3 Å². The number of ether oxygens (including phenoxy) is 2. The first-order valence-electron chi connectivity index (χ1n) is 6.80. The van der Waals surface area contributed by atoms with Gasteiger partial charge in [-0.3, -0.25) is 4.79 Å². The minimum atomic E-state index is -1.34. The number of pyridine rings is 1. The molecule has 0 amide bonds. The molecule has 23 heavy (non-hydrogen) atoms. The van der Waals surface area contributed by atoms with Crippen LogP contribution in [0, 0.1) is 17.5 Å². The fourth-order valence-corrected chi connectivity index (χ4v) is 2.60. The highest BCUT2D eigenvalue weighted by molar-refractivity contribution is 5.96. The molecule has 5 nitrogen and oxygen atoms in total. The van der Waals surface area contributed by atoms with Gasteiger partial charge >= 0.3 is 5.97 Å². The fourth-order valence-electron chi connectivity index (χ4n) is 2.60. The van der Waals surface area contributed by atoms with Crippen molar-refractivity contribution in [3.63, 3.8) is 0 Å². The molecule has 8 heteroatoms. The summed E-state index contributed by atoms with van der Waals surface area (Å²) in [6.45, 7) is 0. The van der Waals surface area contributed by atoms with E-state index < -0.39 is 45.7 Å². The number of methoxy groups -OCH3 is 2. The molecule has 122 valence electrons. The van der Waals surface area contributed by atoms with Gasteiger partial charge in [-0.05, 0) is 18.9 Å². The number of aromatic nitrogens is 1. The number of hydrogen-bond donors (Lipinski definition) is 0. The van der Waals surface area contributed by atoms with Crippen LogP contribution in [-0.4, -0.2) is 24.8 Å². The zero-order valence-electron chi connectivity index (χ0n) is 12.3. The van der Waals surface area contributed by atoms with Crippen LogP contribution in [0.1, 0.15) is 29.2 Å². The first-order chi connectivity index (χ1) is 10.9. The van der Waals surface area contributed by atoms with E-state index in [-0.39, 0.29) is 11.6 Å². The van der Waals surface area contributed by atoms with Gasteiger partial charge in [-0.2, -0.15) is 4.39 Å². The summed E-state index contributed by atoms with van der Waals surface area (Å²) in [6.07, 6.45) is 1.20. The molecule has 0 aliphatic heterocycles. The number of halogens is 3. The van der Waals surface area contributed by atoms with E-state index in [0.717, 1.165) is 18.8 Å². The molecule has 1 aromatic carbocycles. The van der Waals surface area contributed by atoms with E-state index in [4.69, 9.17) is 4.74 Å². The molecular weight excluding hydrogens is 315 g/mol. The number of benzene rings is 1. The van der Waals surface area contributed by atoms with Crippen LogP contribution in [0.25, 0.3) is 10.9 Å². The SMILES string of the molecule is COC(=O)c1c(F)c2cc(F)c(F)c(OC)c2n(C2CC2)c1=O. The zero-order chi connectivity index (χ0) is 16.9. The minimum absolute atomic E-state index is 0.205. The molecule has 0 saturated heterocycles. The van der Waals surface area contributed by atoms with Crippen LogP contribution in [0.4, 0.5) is 13.2 Å². The van der Waals surface area contributed by atoms with E-state index in [1.54, 1.807) is 0 Å². The molecule has 1 heterocycles. The van der Waals surface area contributed by atoms with Crippen molar-refractivity contribution >= 4 is 16.9 Å². The van der Waals surface area contributed by atoms with Crippen LogP contribution in [0.5, 0.6) is 5.75 Å². The van der Waals surface area contributed by atoms with Crippen LogP contribution in [0.2, 0.25) is 0 Å². The van der Waals surface area contributed by atoms with Crippen LogP contribution in [-0.2, 0) is 4.74 Å². The summed E-state index contributed by atoms with van der Waals surface area (Å²) in [7, 11) is 2.09. The van der Waals surface area contributed by atoms with Crippen molar-refractivity contribution < 1.29 is 27.4 Å². The van der Waals surface area contributed by atoms with Gasteiger partial charge in [0.25, 0.3) is 5.56 Å². The highest BCUT2D eigenvalue weighted by atomic mass is 19.2. The minimum Gasteiger partial charge on any atom is -0.491 e. The number of carbonyl (C=O) groups excluding carboxylic acids is 1. The quantitative estimate of drug-likeness (QED) is 0.813. The third kappa shape index (κ3) is 2.16. The second-order valence-corrected chi connectivity index (χ2v) is 5.19. The molecule has 1 aromatic heterocycles. The Bertz CT molecular complexity index is 887. The van der Waals surface area contributed by atoms with Crippen LogP contribution in [0.3, 0.4) is 0 Å². The van der Waals surface area contributed by atoms with Crippen molar-refractivity contribution in [3.8, 4) is 5.75 Å². The molecule has 0 unspecified atom stereocenters. The second kappa shape index (κ2) is 5.29. The fraction of sp³-hybridized carbons (Fsp3) is 0.333. The Kier molecular flexibility index (Phi) is 3.54. The zero-order valence-corrected chi connectivity index (χ0v) is 12.3. The number of nitrogens with zero attached hydrogens (tertiary/aromatic N) is 1. The lowest BCUT2D eigenvalue weighted by Gasteiger charge is -2.16. The lowest BCUT2D eigenvalue weighted by Crippen LogP contribution is -2.29. The monoisotopic (exact) mass is 327 g/mol. The Morgan fingerprint density at radius 2 is 1.87 bits per heavy atom. The van der Waals surface area contributed by atoms with Gasteiger partial charge in [-0.25, -0.2) is 13.6 Å². The number of esters is 1. The molecule has 1 aliphatic rings. The van der Waals surface area contributed by atoms with Crippen molar-refractivity contribution in [2.75, 3.05) is 14.2 Å². The highest BCUT2D eigenvalue weighted by Crippen LogP contribution is 2.40. The second-order valence-electron chi connectivity index (χ2n) is 5.19. The van der Waals surface area contributed by atoms with Gasteiger partial charge in [-0.1, -0.05) is 0 Å². The molecular formula is C15H12F3NO4. The molecule has 0 spiro atoms. The van der Waals surface area contributed by atoms with Crippen molar-refractivity contribution in [1.29, 1.82) is 0 Å². The molecule has 2 aromatic rings. The van der Waals surface area contributed by atoms with E-state index in [1.165, 1.54) is 0 Å². The molecule has 0 radical (unpaired) electrons. The molecule has 0 atom stereocenters. The Hall–Kier alpha value is -2.51. The van der Waals surface area contributed by atoms with Gasteiger partial charge in [0.15, 0.2) is 22.9 Å². The average Bonchev–Trinajstić information content (AvgIpc) is 3.34. The summed E-state index contributed by atoms with van der Waals surface area (Å²) in [5.74, 6) is -5.66. The molecule has 1 saturated carbocycles. The lowest BCUT2D eigenvalue weighted by atomic mass is 10.1. The van der Waals surface area contributed by atoms with Gasteiger partial charge in [-0.15, -0.1) is 0 Å². The molecule has 0 bridgehead atoms. The maximum absolute atomic E-state index is 14.6. The average molecular weight is 327 g/mol. The third-order valence-corrected chi connectivity index (χ3v) is 3.79. The lowest BCUT2D eigenvalue weighted by molar-refractivity contribution is 0.0593. The van der Waals surface area contributed by atoms with E-state index >= 15 is 0 Å². The summed E-state index contributed by atoms with van der Waals surface area (Å²) in [5, 5.41) is -0.410. The molecule has 1 aliphatic carbocycles. The summed E-state index contributed by atoms with van der Waals surface area (Å²) < 4.78 is 52.6. The van der Waals surface area contributed by atoms with Gasteiger partial charge in [0.1, 0.15) is 5.52 Å². The summed E-state index contributed by atoms with van der Waals surface area (Å²) >= 11 is 0. The maximum Gasteiger partial charge on any atom is 0.346 e. The smallest absolute Gasteiger partial charge is 0.346 e. The molecule has 1 fully saturated rings. The maximum atomic E-state index is 14.6. The van der Waals surface area contributed by atoms with Crippen molar-refractivity contribution in [1.82, 2.24) is 4.57 Å². The summed E-state index contributed by atoms with van der Waals surface area (Å²) in [5.41, 5.74) is -1.99. The van der Waals surface area contributed by atoms with E-state index in [2.05, 4.69) is 4.74 Å². The van der Waals surface area contributed by atoms with Crippen molar-refractivity contribution in [3.05, 3.63) is 39.4 Å². The van der Waals surface area contributed by atoms with Crippen LogP contribution >= 0.6 is 0 Å². The number of hydrogen-bond acceptors (Lipinski definition) is 4. The first-order valence-corrected chi connectivity index (χ1v) is 6.80. The number of fused-ring (bicyclic) bond motifs is 1. The van der Waals surface area contributed by atoms with Crippen molar-refractivity contribution in [2.24, 2.45) is 0 Å². The third-order valence-electron chi connectivity index (χ3n) is 3.79. The number of rotatable bonds is 3. The normalized spacial score (nSPS) is 14.1. The highest BCUT2D eigenvalue weighted by Gasteiger charge is 2.34. The first kappa shape index (κ1) is 15.4. The molecule has 3 rings (SSSR count). The topological polar surface area (TPSA) is 57.5 Å². The Morgan fingerprint density at radius 1 is 1.22 bits per heavy atom. The number of carbonyl (C=O) groups is 1. The van der Waals surface area contributed by atoms with Crippen molar-refractivity contribution in [2.45, 2.75) is 18.9 Å². The van der Waals surface area contributed by atoms with Gasteiger partial charge in [0.05, 0.1) is 14.2 Å². The largest absolute Gasteiger partial charge is 0.491 e. The van der Waals surface area contributed by atoms with Gasteiger partial charge in [0, 0.05) is 11.4 Å². The van der Waals surface area contributed by atoms with E-state index in [9.17, 15) is 22.8 Å². The Labute approximate surface area is 128 Å². The van der Waals surface area contributed by atoms with E-state index in [0.29, 0.717) is 18.9 Å². The predicted octanol–water partition coefficient (Wildman–Crippen LogP) is 2.55. The Morgan fingerprint density at radius 3 is 2.39 bits per heavy atom. The Balaban J connectivity index is 2.56. The standard InChI is InChI=1S/C15H12F3NO4/c1-22-13-11(18)8(16)5-7-10(17)9(15(21)23-2)14(20)19(12(7)13)6-3-4-6/h5-6H,3-4H2,1-2H3. The van der Waals surface area contributed by atoms with Gasteiger partial charge in [0.2, 0.25) is 5.82 Å². The summed E-state index contributed by atoms with van der Waals surface area (Å²) in [4.78, 5) is 24.2. The van der Waals surface area contributed by atoms with E-state index in [1.807, 2.05) is 0 Å².